The highest BCUT2D eigenvalue weighted by molar-refractivity contribution is 7.90. The number of unbranched alkanes of at least 4 members (excludes halogenated alkanes) is 2. The second kappa shape index (κ2) is 6.58. The topological polar surface area (TPSA) is 0 Å². The van der Waals surface area contributed by atoms with Crippen molar-refractivity contribution >= 4 is 29.4 Å². The summed E-state index contributed by atoms with van der Waals surface area (Å²) in [6.07, 6.45) is 6.60. The van der Waals surface area contributed by atoms with E-state index in [4.69, 9.17) is 0 Å². The Balaban J connectivity index is 5.76. The van der Waals surface area contributed by atoms with Gasteiger partial charge in [-0.15, -0.1) is 5.70 Å². The van der Waals surface area contributed by atoms with E-state index < -0.39 is 29.4 Å². The van der Waals surface area contributed by atoms with Crippen LogP contribution in [0.5, 0.6) is 0 Å². The second-order valence-corrected chi connectivity index (χ2v) is 49.7. The van der Waals surface area contributed by atoms with Crippen molar-refractivity contribution in [2.45, 2.75) is 85.1 Å². The van der Waals surface area contributed by atoms with Crippen LogP contribution in [0.15, 0.2) is 11.8 Å². The maximum absolute atomic E-state index is 2.87. The lowest BCUT2D eigenvalue weighted by Gasteiger charge is -2.56. The molecule has 114 valence electrons. The molecule has 0 unspecified atom stereocenters. The van der Waals surface area contributed by atoms with Gasteiger partial charge in [-0.2, -0.15) is 0 Å². The summed E-state index contributed by atoms with van der Waals surface area (Å²) in [5.41, 5.74) is 2.87. The van der Waals surface area contributed by atoms with Gasteiger partial charge in [0.2, 0.25) is 0 Å². The quantitative estimate of drug-likeness (QED) is 0.398. The summed E-state index contributed by atoms with van der Waals surface area (Å²) in [6.45, 7) is 25.1. The third-order valence-corrected chi connectivity index (χ3v) is 75.8. The molecule has 0 aliphatic rings. The number of hydrogen-bond acceptors (Lipinski definition) is 0. The Hall–Kier alpha value is 0.608. The average Bonchev–Trinajstić information content (AvgIpc) is 2.10. The molecule has 0 aromatic carbocycles. The van der Waals surface area contributed by atoms with Gasteiger partial charge >= 0.3 is 0 Å². The van der Waals surface area contributed by atoms with E-state index in [1.807, 2.05) is 0 Å². The molecule has 0 fully saturated rings. The zero-order chi connectivity index (χ0) is 15.5. The molecule has 0 aliphatic carbocycles. The highest BCUT2D eigenvalue weighted by Crippen LogP contribution is 2.38. The molecule has 0 N–H and O–H groups in total. The average molecular weight is 331 g/mol. The first kappa shape index (κ1) is 19.6. The highest BCUT2D eigenvalue weighted by atomic mass is 29.9. The van der Waals surface area contributed by atoms with E-state index in [-0.39, 0.29) is 0 Å². The zero-order valence-corrected chi connectivity index (χ0v) is 19.3. The van der Waals surface area contributed by atoms with Gasteiger partial charge in [0.1, 0.15) is 0 Å². The van der Waals surface area contributed by atoms with Gasteiger partial charge in [0.05, 0.1) is 6.63 Å². The van der Waals surface area contributed by atoms with E-state index >= 15 is 0 Å². The van der Waals surface area contributed by atoms with Gasteiger partial charge in [-0.25, -0.2) is 0 Å². The lowest BCUT2D eigenvalue weighted by molar-refractivity contribution is 0.815. The van der Waals surface area contributed by atoms with Crippen LogP contribution in [0.25, 0.3) is 0 Å². The largest absolute Gasteiger partial charge is 0.105 e. The molecule has 0 rings (SSSR count). The number of hydrogen-bond donors (Lipinski definition) is 0. The van der Waals surface area contributed by atoms with E-state index in [0.717, 1.165) is 0 Å². The summed E-state index contributed by atoms with van der Waals surface area (Å²) in [4.78, 5) is 0. The summed E-state index contributed by atoms with van der Waals surface area (Å²) in [5, 5.41) is 0. The monoisotopic (exact) mass is 330 g/mol. The van der Waals surface area contributed by atoms with E-state index in [1.165, 1.54) is 19.3 Å². The van der Waals surface area contributed by atoms with E-state index in [9.17, 15) is 0 Å². The van der Waals surface area contributed by atoms with Crippen LogP contribution in [0.4, 0.5) is 0 Å². The maximum atomic E-state index is 2.87. The summed E-state index contributed by atoms with van der Waals surface area (Å²) in [5.74, 6) is 0. The van der Waals surface area contributed by atoms with Crippen LogP contribution >= 0.6 is 0 Å². The molecule has 0 bridgehead atoms. The minimum Gasteiger partial charge on any atom is -0.105 e. The van der Waals surface area contributed by atoms with Gasteiger partial charge in [-0.1, -0.05) is 84.8 Å². The normalized spacial score (nSPS) is 15.3. The third-order valence-electron chi connectivity index (χ3n) is 4.64. The summed E-state index contributed by atoms with van der Waals surface area (Å²) >= 11 is 0. The van der Waals surface area contributed by atoms with Crippen LogP contribution in [0.1, 0.15) is 26.2 Å². The maximum Gasteiger partial charge on any atom is 0.0593 e. The first-order valence-electron chi connectivity index (χ1n) is 7.99. The molecular weight excluding hydrogens is 293 g/mol. The van der Waals surface area contributed by atoms with Crippen molar-refractivity contribution in [3.05, 3.63) is 11.8 Å². The van der Waals surface area contributed by atoms with Crippen molar-refractivity contribution in [1.29, 1.82) is 0 Å². The van der Waals surface area contributed by atoms with Crippen molar-refractivity contribution in [3.63, 3.8) is 0 Å². The predicted molar refractivity (Wildman–Crippen MR) is 104 cm³/mol. The Labute approximate surface area is 126 Å². The Morgan fingerprint density at radius 3 is 1.32 bits per heavy atom. The van der Waals surface area contributed by atoms with Crippen molar-refractivity contribution in [2.75, 3.05) is 0 Å². The van der Waals surface area contributed by atoms with Crippen LogP contribution in [0, 0.1) is 0 Å². The first-order chi connectivity index (χ1) is 8.31. The zero-order valence-electron chi connectivity index (χ0n) is 15.3. The molecule has 0 radical (unpaired) electrons. The molecule has 0 aromatic heterocycles. The minimum absolute atomic E-state index is 1.09. The van der Waals surface area contributed by atoms with Crippen molar-refractivity contribution in [1.82, 2.24) is 0 Å². The molecule has 0 aliphatic heterocycles. The highest BCUT2D eigenvalue weighted by Gasteiger charge is 2.59. The van der Waals surface area contributed by atoms with Crippen LogP contribution in [-0.4, -0.2) is 29.4 Å². The van der Waals surface area contributed by atoms with Gasteiger partial charge in [-0.05, 0) is 6.42 Å². The second-order valence-electron chi connectivity index (χ2n) is 9.10. The molecule has 0 nitrogen and oxygen atoms in total. The fraction of sp³-hybridized carbons (Fsp3) is 0.867. The van der Waals surface area contributed by atoms with Crippen LogP contribution in [-0.2, 0) is 0 Å². The van der Waals surface area contributed by atoms with Gasteiger partial charge < -0.3 is 0 Å². The molecule has 0 atom stereocenters. The lowest BCUT2D eigenvalue weighted by Crippen LogP contribution is -2.81. The van der Waals surface area contributed by atoms with Crippen molar-refractivity contribution < 1.29 is 0 Å². The van der Waals surface area contributed by atoms with Gasteiger partial charge in [0.15, 0.2) is 0 Å². The van der Waals surface area contributed by atoms with E-state index in [2.05, 4.69) is 77.6 Å². The lowest BCUT2D eigenvalue weighted by atomic mass is 10.2. The van der Waals surface area contributed by atoms with Gasteiger partial charge in [-0.3, -0.25) is 0 Å². The molecule has 19 heavy (non-hydrogen) atoms. The number of allylic oxidation sites excluding steroid dienone is 1. The van der Waals surface area contributed by atoms with E-state index in [1.54, 1.807) is 0 Å². The Morgan fingerprint density at radius 1 is 0.684 bits per heavy atom. The molecule has 0 saturated heterocycles. The van der Waals surface area contributed by atoms with E-state index in [0.29, 0.717) is 0 Å². The van der Waals surface area contributed by atoms with Crippen molar-refractivity contribution in [2.24, 2.45) is 0 Å². The molecule has 0 saturated carbocycles. The van der Waals surface area contributed by atoms with Crippen molar-refractivity contribution in [3.8, 4) is 0 Å². The Kier molecular flexibility index (Phi) is 6.79. The smallest absolute Gasteiger partial charge is 0.0593 e. The Morgan fingerprint density at radius 2 is 1.05 bits per heavy atom. The molecule has 0 spiro atoms. The molecule has 0 aromatic rings. The standard InChI is InChI=1S/C15H38Si4/c1-11-12-13-14-15-19(16(2,3)4,17(5,6)7)18(8,9)10/h14-15H,11-13H2,1-10H3/b15-14+. The van der Waals surface area contributed by atoms with Gasteiger partial charge in [0.25, 0.3) is 0 Å². The van der Waals surface area contributed by atoms with Gasteiger partial charge in [0, 0.05) is 22.8 Å². The minimum atomic E-state index is -1.21. The summed E-state index contributed by atoms with van der Waals surface area (Å²) in [6, 6.07) is 0. The van der Waals surface area contributed by atoms with Crippen LogP contribution < -0.4 is 0 Å². The van der Waals surface area contributed by atoms with Crippen LogP contribution in [0.2, 0.25) is 58.9 Å². The molecular formula is C15H38Si4. The molecule has 4 heteroatoms. The predicted octanol–water partition coefficient (Wildman–Crippen LogP) is 5.97. The third kappa shape index (κ3) is 4.29. The summed E-state index contributed by atoms with van der Waals surface area (Å²) < 4.78 is 0. The molecule has 0 heterocycles. The fourth-order valence-corrected chi connectivity index (χ4v) is 100. The summed E-state index contributed by atoms with van der Waals surface area (Å²) in [7, 11) is -3.28. The SMILES string of the molecule is CCCC/C=C/[Si]([Si](C)(C)C)([Si](C)(C)C)[Si](C)(C)C. The number of rotatable bonds is 7. The first-order valence-corrected chi connectivity index (χ1v) is 23.6. The molecule has 0 amide bonds. The Bertz CT molecular complexity index is 264. The van der Waals surface area contributed by atoms with Crippen LogP contribution in [0.3, 0.4) is 0 Å². The fourth-order valence-electron chi connectivity index (χ4n) is 4.71.